The number of aromatic nitrogens is 2. The second kappa shape index (κ2) is 8.61. The number of carbonyl (C=O) groups excluding carboxylic acids is 4. The first kappa shape index (κ1) is 20.2. The van der Waals surface area contributed by atoms with Crippen molar-refractivity contribution in [3.05, 3.63) is 40.4 Å². The number of amides is 2. The number of ketones is 1. The summed E-state index contributed by atoms with van der Waals surface area (Å²) in [6.45, 7) is 3.24. The molecule has 2 heterocycles. The number of fused-ring (bicyclic) bond motifs is 1. The first-order valence-corrected chi connectivity index (χ1v) is 10.2. The highest BCUT2D eigenvalue weighted by atomic mass is 32.2. The number of ether oxygens (including phenoxy) is 1. The fourth-order valence-electron chi connectivity index (χ4n) is 2.68. The maximum Gasteiger partial charge on any atom is 0.307 e. The second-order valence-electron chi connectivity index (χ2n) is 5.91. The van der Waals surface area contributed by atoms with Gasteiger partial charge in [-0.2, -0.15) is 0 Å². The Hall–Kier alpha value is -2.59. The van der Waals surface area contributed by atoms with Gasteiger partial charge in [-0.15, -0.1) is 10.2 Å². The molecule has 0 spiro atoms. The summed E-state index contributed by atoms with van der Waals surface area (Å²) in [6.07, 6.45) is -0.181. The van der Waals surface area contributed by atoms with Crippen molar-refractivity contribution in [1.82, 2.24) is 15.1 Å². The Morgan fingerprint density at radius 1 is 1.18 bits per heavy atom. The normalized spacial score (nSPS) is 14.1. The van der Waals surface area contributed by atoms with E-state index in [-0.39, 0.29) is 24.2 Å². The van der Waals surface area contributed by atoms with E-state index in [1.165, 1.54) is 11.3 Å². The smallest absolute Gasteiger partial charge is 0.307 e. The summed E-state index contributed by atoms with van der Waals surface area (Å²) in [5, 5.41) is 7.76. The molecule has 0 bridgehead atoms. The van der Waals surface area contributed by atoms with Gasteiger partial charge in [-0.25, -0.2) is 0 Å². The van der Waals surface area contributed by atoms with Crippen molar-refractivity contribution in [2.75, 3.05) is 13.2 Å². The van der Waals surface area contributed by atoms with Crippen LogP contribution >= 0.6 is 23.1 Å². The molecule has 0 fully saturated rings. The van der Waals surface area contributed by atoms with Gasteiger partial charge in [-0.3, -0.25) is 24.1 Å². The summed E-state index contributed by atoms with van der Waals surface area (Å²) in [5.41, 5.74) is 0.546. The lowest BCUT2D eigenvalue weighted by Crippen LogP contribution is -2.39. The summed E-state index contributed by atoms with van der Waals surface area (Å²) < 4.78 is 5.47. The molecule has 0 saturated heterocycles. The van der Waals surface area contributed by atoms with Gasteiger partial charge < -0.3 is 4.74 Å². The van der Waals surface area contributed by atoms with Crippen molar-refractivity contribution in [1.29, 1.82) is 0 Å². The minimum atomic E-state index is -0.837. The van der Waals surface area contributed by atoms with Gasteiger partial charge in [0.15, 0.2) is 10.1 Å². The van der Waals surface area contributed by atoms with Crippen molar-refractivity contribution >= 4 is 46.7 Å². The van der Waals surface area contributed by atoms with E-state index in [0.29, 0.717) is 4.34 Å². The molecule has 3 rings (SSSR count). The molecule has 10 heteroatoms. The number of hydrogen-bond donors (Lipinski definition) is 0. The van der Waals surface area contributed by atoms with Gasteiger partial charge in [0.2, 0.25) is 0 Å². The molecule has 1 atom stereocenters. The molecule has 146 valence electrons. The van der Waals surface area contributed by atoms with E-state index in [4.69, 9.17) is 4.74 Å². The monoisotopic (exact) mass is 419 g/mol. The van der Waals surface area contributed by atoms with Gasteiger partial charge in [0, 0.05) is 0 Å². The first-order valence-electron chi connectivity index (χ1n) is 8.51. The lowest BCUT2D eigenvalue weighted by Gasteiger charge is -2.17. The van der Waals surface area contributed by atoms with E-state index < -0.39 is 35.4 Å². The van der Waals surface area contributed by atoms with Crippen LogP contribution in [-0.4, -0.2) is 57.1 Å². The van der Waals surface area contributed by atoms with E-state index in [2.05, 4.69) is 10.2 Å². The quantitative estimate of drug-likeness (QED) is 0.364. The van der Waals surface area contributed by atoms with Crippen LogP contribution in [0, 0.1) is 6.92 Å². The summed E-state index contributed by atoms with van der Waals surface area (Å²) in [5.74, 6) is -1.99. The van der Waals surface area contributed by atoms with Crippen molar-refractivity contribution in [2.45, 2.75) is 29.9 Å². The Bertz CT molecular complexity index is 908. The molecular formula is C18H17N3O5S2. The molecule has 0 radical (unpaired) electrons. The van der Waals surface area contributed by atoms with Crippen LogP contribution < -0.4 is 0 Å². The molecular weight excluding hydrogens is 402 g/mol. The van der Waals surface area contributed by atoms with Crippen molar-refractivity contribution in [2.24, 2.45) is 0 Å². The molecule has 28 heavy (non-hydrogen) atoms. The standard InChI is InChI=1S/C18H17N3O5S2/c1-3-26-15(23)8-14(28-18-20-19-10(2)27-18)13(22)9-21-16(24)11-6-4-5-7-12(11)17(21)25/h4-7,14H,3,8-9H2,1-2H3/t14-/m0/s1. The third kappa shape index (κ3) is 4.28. The number of carbonyl (C=O) groups is 4. The van der Waals surface area contributed by atoms with Gasteiger partial charge in [0.25, 0.3) is 11.8 Å². The summed E-state index contributed by atoms with van der Waals surface area (Å²) in [7, 11) is 0. The van der Waals surface area contributed by atoms with E-state index in [1.807, 2.05) is 0 Å². The predicted molar refractivity (Wildman–Crippen MR) is 102 cm³/mol. The fourth-order valence-corrected chi connectivity index (χ4v) is 4.76. The lowest BCUT2D eigenvalue weighted by atomic mass is 10.1. The summed E-state index contributed by atoms with van der Waals surface area (Å²) in [6, 6.07) is 6.42. The maximum atomic E-state index is 12.9. The van der Waals surface area contributed by atoms with Crippen molar-refractivity contribution < 1.29 is 23.9 Å². The molecule has 2 amide bonds. The molecule has 1 aliphatic heterocycles. The zero-order chi connectivity index (χ0) is 20.3. The molecule has 8 nitrogen and oxygen atoms in total. The number of aryl methyl sites for hydroxylation is 1. The number of benzene rings is 1. The van der Waals surface area contributed by atoms with Crippen molar-refractivity contribution in [3.8, 4) is 0 Å². The predicted octanol–water partition coefficient (Wildman–Crippen LogP) is 2.13. The molecule has 2 aromatic rings. The SMILES string of the molecule is CCOC(=O)C[C@H](Sc1nnc(C)s1)C(=O)CN1C(=O)c2ccccc2C1=O. The minimum absolute atomic E-state index is 0.181. The number of nitrogens with zero attached hydrogens (tertiary/aromatic N) is 3. The highest BCUT2D eigenvalue weighted by Crippen LogP contribution is 2.30. The van der Waals surface area contributed by atoms with E-state index >= 15 is 0 Å². The Morgan fingerprint density at radius 3 is 2.36 bits per heavy atom. The van der Waals surface area contributed by atoms with Gasteiger partial charge in [-0.1, -0.05) is 35.2 Å². The minimum Gasteiger partial charge on any atom is -0.466 e. The highest BCUT2D eigenvalue weighted by molar-refractivity contribution is 8.02. The first-order chi connectivity index (χ1) is 13.4. The zero-order valence-corrected chi connectivity index (χ0v) is 16.8. The van der Waals surface area contributed by atoms with Crippen LogP contribution in [0.25, 0.3) is 0 Å². The molecule has 0 unspecified atom stereocenters. The Balaban J connectivity index is 1.76. The molecule has 0 aliphatic carbocycles. The summed E-state index contributed by atoms with van der Waals surface area (Å²) >= 11 is 2.38. The van der Waals surface area contributed by atoms with Crippen molar-refractivity contribution in [3.63, 3.8) is 0 Å². The Kier molecular flexibility index (Phi) is 6.20. The maximum absolute atomic E-state index is 12.9. The fraction of sp³-hybridized carbons (Fsp3) is 0.333. The van der Waals surface area contributed by atoms with Crippen LogP contribution in [0.5, 0.6) is 0 Å². The molecule has 1 aromatic heterocycles. The molecule has 1 aromatic carbocycles. The van der Waals surface area contributed by atoms with Crippen LogP contribution in [0.1, 0.15) is 39.1 Å². The molecule has 0 N–H and O–H groups in total. The van der Waals surface area contributed by atoms with E-state index in [1.54, 1.807) is 38.1 Å². The number of Topliss-reactive ketones (excluding diaryl/α,β-unsaturated/α-hetero) is 1. The number of thioether (sulfide) groups is 1. The largest absolute Gasteiger partial charge is 0.466 e. The summed E-state index contributed by atoms with van der Waals surface area (Å²) in [4.78, 5) is 50.7. The average Bonchev–Trinajstić information content (AvgIpc) is 3.18. The van der Waals surface area contributed by atoms with Crippen LogP contribution in [-0.2, 0) is 14.3 Å². The van der Waals surface area contributed by atoms with Crippen LogP contribution in [0.2, 0.25) is 0 Å². The second-order valence-corrected chi connectivity index (χ2v) is 8.54. The number of rotatable bonds is 8. The zero-order valence-electron chi connectivity index (χ0n) is 15.2. The van der Waals surface area contributed by atoms with Gasteiger partial charge in [0.05, 0.1) is 35.9 Å². The third-order valence-corrected chi connectivity index (χ3v) is 6.13. The van der Waals surface area contributed by atoms with Crippen LogP contribution in [0.15, 0.2) is 28.6 Å². The van der Waals surface area contributed by atoms with Crippen LogP contribution in [0.4, 0.5) is 0 Å². The number of imide groups is 1. The van der Waals surface area contributed by atoms with E-state index in [9.17, 15) is 19.2 Å². The Labute approximate surface area is 169 Å². The Morgan fingerprint density at radius 2 is 1.82 bits per heavy atom. The van der Waals surface area contributed by atoms with E-state index in [0.717, 1.165) is 21.7 Å². The number of hydrogen-bond acceptors (Lipinski definition) is 9. The lowest BCUT2D eigenvalue weighted by molar-refractivity contribution is -0.144. The third-order valence-electron chi connectivity index (χ3n) is 3.96. The molecule has 1 aliphatic rings. The van der Waals surface area contributed by atoms with Crippen LogP contribution in [0.3, 0.4) is 0 Å². The van der Waals surface area contributed by atoms with Gasteiger partial charge >= 0.3 is 5.97 Å². The number of esters is 1. The average molecular weight is 419 g/mol. The highest BCUT2D eigenvalue weighted by Gasteiger charge is 2.38. The molecule has 0 saturated carbocycles. The van der Waals surface area contributed by atoms with Gasteiger partial charge in [0.1, 0.15) is 5.01 Å². The van der Waals surface area contributed by atoms with Gasteiger partial charge in [-0.05, 0) is 26.0 Å². The topological polar surface area (TPSA) is 107 Å².